The molecule has 85 heavy (non-hydrogen) atoms. The summed E-state index contributed by atoms with van der Waals surface area (Å²) in [5.74, 6) is -7.10. The standard InChI is InChI=1S/C55H88N14O16/c1-63(2)53-60-52(57-40-15-13-14-39(32-40)33-41-34-67(37-48(77)78)25-24-65(35-46(73)74)22-23-66(36-47(75)76)28-31-69(41)38-49(79)80)61-54(62-53)68-29-26-64(27-30-68)21-12-8-6-4-3-5-7-9-17-44(70)56-20-11-10-16-42(50(81)82)58-55(85)59-43(51(83)84)18-19-45(71)72/h13-15,32,41-43H,3-12,16-31,33-38H2,1-2H3,(H,56,70)(H,71,72)(H,73,74)(H,75,76)(H,77,78)(H,79,80)(H,81,82)(H,83,84)(H2,58,59,85)(H,57,60,61,62)/t41?,42-,43-/m0/s1. The van der Waals surface area contributed by atoms with Crippen molar-refractivity contribution in [1.82, 2.24) is 55.4 Å². The molecule has 1 aromatic heterocycles. The highest BCUT2D eigenvalue weighted by molar-refractivity contribution is 5.86. The van der Waals surface area contributed by atoms with Crippen molar-refractivity contribution in [2.24, 2.45) is 0 Å². The highest BCUT2D eigenvalue weighted by Gasteiger charge is 2.29. The summed E-state index contributed by atoms with van der Waals surface area (Å²) in [6, 6.07) is 3.13. The van der Waals surface area contributed by atoms with Gasteiger partial charge in [0.25, 0.3) is 0 Å². The Hall–Kier alpha value is -7.54. The van der Waals surface area contributed by atoms with E-state index in [2.05, 4.69) is 36.1 Å². The van der Waals surface area contributed by atoms with Crippen LogP contribution in [0.25, 0.3) is 0 Å². The van der Waals surface area contributed by atoms with E-state index in [1.807, 2.05) is 38.4 Å². The van der Waals surface area contributed by atoms with E-state index in [0.717, 1.165) is 89.7 Å². The van der Waals surface area contributed by atoms with Crippen LogP contribution in [0.4, 0.5) is 28.3 Å². The van der Waals surface area contributed by atoms with E-state index in [9.17, 15) is 73.8 Å². The Balaban J connectivity index is 1.20. The maximum absolute atomic E-state index is 12.4. The lowest BCUT2D eigenvalue weighted by Gasteiger charge is -2.37. The molecule has 0 radical (unpaired) electrons. The topological polar surface area (TPSA) is 405 Å². The van der Waals surface area contributed by atoms with Gasteiger partial charge in [0.1, 0.15) is 12.1 Å². The lowest BCUT2D eigenvalue weighted by Crippen LogP contribution is -2.53. The van der Waals surface area contributed by atoms with Crippen molar-refractivity contribution in [3.8, 4) is 0 Å². The fraction of sp³-hybridized carbons (Fsp3) is 0.673. The number of benzene rings is 1. The summed E-state index contributed by atoms with van der Waals surface area (Å²) in [7, 11) is 3.69. The van der Waals surface area contributed by atoms with Gasteiger partial charge in [-0.15, -0.1) is 0 Å². The predicted octanol–water partition coefficient (Wildman–Crippen LogP) is 1.14. The van der Waals surface area contributed by atoms with Gasteiger partial charge in [0, 0.05) is 117 Å². The van der Waals surface area contributed by atoms with E-state index in [0.29, 0.717) is 55.8 Å². The van der Waals surface area contributed by atoms with E-state index in [4.69, 9.17) is 15.1 Å². The zero-order valence-electron chi connectivity index (χ0n) is 48.9. The molecule has 0 aliphatic carbocycles. The number of hydrogen-bond acceptors (Lipinski definition) is 20. The molecule has 30 heteroatoms. The molecule has 2 fully saturated rings. The number of aliphatic carboxylic acids is 7. The van der Waals surface area contributed by atoms with Crippen molar-refractivity contribution in [2.75, 3.05) is 140 Å². The van der Waals surface area contributed by atoms with Gasteiger partial charge in [0.15, 0.2) is 0 Å². The molecule has 0 saturated carbocycles. The molecule has 4 rings (SSSR count). The molecule has 2 aliphatic heterocycles. The van der Waals surface area contributed by atoms with Gasteiger partial charge in [-0.3, -0.25) is 53.3 Å². The number of carbonyl (C=O) groups is 9. The molecule has 3 amide bonds. The fourth-order valence-corrected chi connectivity index (χ4v) is 10.1. The molecule has 30 nitrogen and oxygen atoms in total. The van der Waals surface area contributed by atoms with Crippen LogP contribution in [-0.4, -0.2) is 272 Å². The number of hydrogen-bond donors (Lipinski definition) is 11. The molecule has 474 valence electrons. The number of piperazine rings is 1. The van der Waals surface area contributed by atoms with Crippen LogP contribution in [0.1, 0.15) is 95.5 Å². The number of unbranched alkanes of at least 4 members (excludes halogenated alkanes) is 8. The molecule has 2 aromatic rings. The van der Waals surface area contributed by atoms with Gasteiger partial charge in [0.2, 0.25) is 23.8 Å². The van der Waals surface area contributed by atoms with Crippen molar-refractivity contribution < 1.29 is 78.9 Å². The zero-order chi connectivity index (χ0) is 62.3. The van der Waals surface area contributed by atoms with E-state index in [-0.39, 0.29) is 90.7 Å². The first kappa shape index (κ1) is 69.9. The maximum Gasteiger partial charge on any atom is 0.326 e. The number of carbonyl (C=O) groups excluding carboxylic acids is 2. The van der Waals surface area contributed by atoms with Crippen LogP contribution in [0.5, 0.6) is 0 Å². The average Bonchev–Trinajstić information content (AvgIpc) is 3.26. The van der Waals surface area contributed by atoms with Crippen LogP contribution in [0.15, 0.2) is 24.3 Å². The molecule has 2 saturated heterocycles. The molecule has 2 aliphatic rings. The Morgan fingerprint density at radius 1 is 0.565 bits per heavy atom. The Morgan fingerprint density at radius 3 is 1.68 bits per heavy atom. The highest BCUT2D eigenvalue weighted by Crippen LogP contribution is 2.23. The summed E-state index contributed by atoms with van der Waals surface area (Å²) in [5.41, 5.74) is 1.45. The van der Waals surface area contributed by atoms with Crippen LogP contribution in [0.3, 0.4) is 0 Å². The third-order valence-electron chi connectivity index (χ3n) is 14.6. The number of anilines is 4. The third kappa shape index (κ3) is 28.7. The summed E-state index contributed by atoms with van der Waals surface area (Å²) in [5, 5.41) is 77.2. The van der Waals surface area contributed by atoms with E-state index in [1.54, 1.807) is 24.5 Å². The van der Waals surface area contributed by atoms with Crippen LogP contribution in [-0.2, 0) is 44.8 Å². The van der Waals surface area contributed by atoms with Crippen LogP contribution in [0.2, 0.25) is 0 Å². The lowest BCUT2D eigenvalue weighted by atomic mass is 10.0. The summed E-state index contributed by atoms with van der Waals surface area (Å²) in [6.45, 7) is 4.31. The molecule has 3 atom stereocenters. The Kier molecular flexibility index (Phi) is 31.0. The maximum atomic E-state index is 12.4. The smallest absolute Gasteiger partial charge is 0.326 e. The minimum atomic E-state index is -1.49. The minimum Gasteiger partial charge on any atom is -0.481 e. The van der Waals surface area contributed by atoms with Gasteiger partial charge in [-0.05, 0) is 69.2 Å². The second kappa shape index (κ2) is 37.7. The number of nitrogens with one attached hydrogen (secondary N) is 4. The summed E-state index contributed by atoms with van der Waals surface area (Å²) >= 11 is 0. The van der Waals surface area contributed by atoms with Crippen molar-refractivity contribution in [3.63, 3.8) is 0 Å². The molecular weight excluding hydrogens is 1110 g/mol. The number of urea groups is 1. The van der Waals surface area contributed by atoms with Crippen molar-refractivity contribution in [3.05, 3.63) is 29.8 Å². The number of carboxylic acid groups (broad SMARTS) is 7. The monoisotopic (exact) mass is 1200 g/mol. The SMILES string of the molecule is CN(C)c1nc(Nc2cccc(CC3CN(CC(=O)O)CCN(CC(=O)O)CCN(CC(=O)O)CCN3CC(=O)O)c2)nc(N2CCN(CCCCCCCCCCC(=O)NCCCC[C@H](NC(=O)N[C@@H](CCC(=O)O)C(=O)O)C(=O)O)CC2)n1. The minimum absolute atomic E-state index is 0.0472. The van der Waals surface area contributed by atoms with Crippen LogP contribution >= 0.6 is 0 Å². The number of nitrogens with zero attached hydrogens (tertiary/aromatic N) is 10. The van der Waals surface area contributed by atoms with Gasteiger partial charge in [-0.25, -0.2) is 14.4 Å². The van der Waals surface area contributed by atoms with Crippen molar-refractivity contribution in [2.45, 2.75) is 114 Å². The lowest BCUT2D eigenvalue weighted by molar-refractivity contribution is -0.142. The molecule has 1 aromatic carbocycles. The first-order valence-electron chi connectivity index (χ1n) is 29.1. The first-order chi connectivity index (χ1) is 40.5. The number of rotatable bonds is 37. The number of carboxylic acids is 7. The predicted molar refractivity (Wildman–Crippen MR) is 311 cm³/mol. The van der Waals surface area contributed by atoms with E-state index in [1.165, 1.54) is 0 Å². The second-order valence-electron chi connectivity index (χ2n) is 21.8. The van der Waals surface area contributed by atoms with Gasteiger partial charge in [-0.2, -0.15) is 15.0 Å². The molecular formula is C55H88N14O16. The Bertz CT molecular complexity index is 2490. The molecule has 11 N–H and O–H groups in total. The Morgan fingerprint density at radius 2 is 1.11 bits per heavy atom. The highest BCUT2D eigenvalue weighted by atomic mass is 16.4. The van der Waals surface area contributed by atoms with E-state index >= 15 is 0 Å². The fourth-order valence-electron chi connectivity index (χ4n) is 10.1. The second-order valence-corrected chi connectivity index (χ2v) is 21.8. The van der Waals surface area contributed by atoms with Crippen molar-refractivity contribution >= 4 is 77.3 Å². The molecule has 0 bridgehead atoms. The number of aromatic nitrogens is 3. The van der Waals surface area contributed by atoms with Gasteiger partial charge in [-0.1, -0.05) is 50.7 Å². The number of amides is 3. The third-order valence-corrected chi connectivity index (χ3v) is 14.6. The van der Waals surface area contributed by atoms with E-state index < -0.39 is 72.4 Å². The van der Waals surface area contributed by atoms with Gasteiger partial charge >= 0.3 is 47.8 Å². The average molecular weight is 1200 g/mol. The summed E-state index contributed by atoms with van der Waals surface area (Å²) in [6.07, 6.45) is 8.95. The van der Waals surface area contributed by atoms with Crippen LogP contribution in [0, 0.1) is 0 Å². The molecule has 0 spiro atoms. The summed E-state index contributed by atoms with van der Waals surface area (Å²) in [4.78, 5) is 134. The normalized spacial score (nSPS) is 16.9. The first-order valence-corrected chi connectivity index (χ1v) is 29.1. The summed E-state index contributed by atoms with van der Waals surface area (Å²) < 4.78 is 0. The molecule has 1 unspecified atom stereocenters. The van der Waals surface area contributed by atoms with Crippen LogP contribution < -0.4 is 31.1 Å². The van der Waals surface area contributed by atoms with Gasteiger partial charge < -0.3 is 66.8 Å². The largest absolute Gasteiger partial charge is 0.481 e. The van der Waals surface area contributed by atoms with Crippen molar-refractivity contribution in [1.29, 1.82) is 0 Å². The zero-order valence-corrected chi connectivity index (χ0v) is 48.9. The molecule has 3 heterocycles. The quantitative estimate of drug-likeness (QED) is 0.0423. The Labute approximate surface area is 494 Å². The van der Waals surface area contributed by atoms with Gasteiger partial charge in [0.05, 0.1) is 26.2 Å².